The summed E-state index contributed by atoms with van der Waals surface area (Å²) in [7, 11) is 0. The monoisotopic (exact) mass is 246 g/mol. The second-order valence-electron chi connectivity index (χ2n) is 2.76. The molecule has 0 fully saturated rings. The van der Waals surface area contributed by atoms with Crippen LogP contribution in [0.15, 0.2) is 42.5 Å². The number of hydrogen-bond acceptors (Lipinski definition) is 3. The molecule has 0 bridgehead atoms. The Morgan fingerprint density at radius 1 is 1.07 bits per heavy atom. The standard InChI is InChI=1S/C10H8O3S.K/c11-14(12)13-10-7-3-5-8-4-1-2-6-9(8)10;/h1-7H,(H,11,12);/q;+1/p-1. The fourth-order valence-electron chi connectivity index (χ4n) is 1.34. The van der Waals surface area contributed by atoms with Crippen LogP contribution in [-0.2, 0) is 11.4 Å². The van der Waals surface area contributed by atoms with Crippen LogP contribution < -0.4 is 55.6 Å². The van der Waals surface area contributed by atoms with Crippen LogP contribution in [0.3, 0.4) is 0 Å². The quantitative estimate of drug-likeness (QED) is 0.505. The third-order valence-electron chi connectivity index (χ3n) is 1.91. The van der Waals surface area contributed by atoms with E-state index in [9.17, 15) is 8.76 Å². The van der Waals surface area contributed by atoms with Gasteiger partial charge in [0.25, 0.3) is 0 Å². The predicted molar refractivity (Wildman–Crippen MR) is 53.5 cm³/mol. The minimum absolute atomic E-state index is 0. The normalized spacial score (nSPS) is 11.8. The van der Waals surface area contributed by atoms with Crippen LogP contribution in [0.4, 0.5) is 0 Å². The van der Waals surface area contributed by atoms with Gasteiger partial charge in [0.1, 0.15) is 17.1 Å². The van der Waals surface area contributed by atoms with Crippen molar-refractivity contribution in [1.82, 2.24) is 0 Å². The average molecular weight is 246 g/mol. The molecule has 0 radical (unpaired) electrons. The minimum atomic E-state index is -2.52. The number of hydrogen-bond donors (Lipinski definition) is 0. The smallest absolute Gasteiger partial charge is 0.740 e. The maximum atomic E-state index is 10.4. The number of rotatable bonds is 2. The van der Waals surface area contributed by atoms with E-state index in [-0.39, 0.29) is 51.4 Å². The van der Waals surface area contributed by atoms with Crippen molar-refractivity contribution in [2.75, 3.05) is 0 Å². The van der Waals surface area contributed by atoms with Crippen LogP contribution in [0.5, 0.6) is 5.75 Å². The van der Waals surface area contributed by atoms with E-state index in [0.29, 0.717) is 5.75 Å². The first-order valence-corrected chi connectivity index (χ1v) is 5.03. The van der Waals surface area contributed by atoms with Crippen molar-refractivity contribution in [2.45, 2.75) is 0 Å². The van der Waals surface area contributed by atoms with Gasteiger partial charge in [-0.05, 0) is 11.5 Å². The van der Waals surface area contributed by atoms with Crippen LogP contribution in [0, 0.1) is 0 Å². The minimum Gasteiger partial charge on any atom is -0.740 e. The second-order valence-corrected chi connectivity index (χ2v) is 3.34. The molecule has 2 aromatic carbocycles. The molecule has 2 aromatic rings. The predicted octanol–water partition coefficient (Wildman–Crippen LogP) is -0.983. The molecule has 0 amide bonds. The Morgan fingerprint density at radius 2 is 1.73 bits per heavy atom. The van der Waals surface area contributed by atoms with Gasteiger partial charge in [0.2, 0.25) is 0 Å². The zero-order chi connectivity index (χ0) is 9.97. The molecule has 72 valence electrons. The van der Waals surface area contributed by atoms with E-state index in [2.05, 4.69) is 4.18 Å². The number of benzene rings is 2. The average Bonchev–Trinajstić information content (AvgIpc) is 2.18. The Labute approximate surface area is 133 Å². The molecular formula is C10H7KO3S. The maximum absolute atomic E-state index is 10.4. The molecule has 3 nitrogen and oxygen atoms in total. The van der Waals surface area contributed by atoms with Gasteiger partial charge in [-0.1, -0.05) is 36.4 Å². The summed E-state index contributed by atoms with van der Waals surface area (Å²) in [6, 6.07) is 12.7. The van der Waals surface area contributed by atoms with Gasteiger partial charge in [0, 0.05) is 5.39 Å². The van der Waals surface area contributed by atoms with Gasteiger partial charge in [-0.25, -0.2) is 4.21 Å². The van der Waals surface area contributed by atoms with Crippen molar-refractivity contribution in [3.8, 4) is 5.75 Å². The molecule has 2 rings (SSSR count). The summed E-state index contributed by atoms with van der Waals surface area (Å²) in [5.74, 6) is 0.358. The summed E-state index contributed by atoms with van der Waals surface area (Å²) in [6.07, 6.45) is 0. The largest absolute Gasteiger partial charge is 1.00 e. The van der Waals surface area contributed by atoms with Crippen molar-refractivity contribution in [3.63, 3.8) is 0 Å². The summed E-state index contributed by atoms with van der Waals surface area (Å²) in [4.78, 5) is 0. The first kappa shape index (κ1) is 13.3. The Balaban J connectivity index is 0.00000112. The molecular weight excluding hydrogens is 239 g/mol. The van der Waals surface area contributed by atoms with Gasteiger partial charge in [-0.3, -0.25) is 0 Å². The molecule has 0 aliphatic carbocycles. The molecule has 0 heterocycles. The second kappa shape index (κ2) is 6.10. The molecule has 0 aliphatic heterocycles. The first-order chi connectivity index (χ1) is 6.77. The van der Waals surface area contributed by atoms with Crippen molar-refractivity contribution in [1.29, 1.82) is 0 Å². The van der Waals surface area contributed by atoms with Crippen LogP contribution in [0.25, 0.3) is 10.8 Å². The maximum Gasteiger partial charge on any atom is 1.00 e. The van der Waals surface area contributed by atoms with E-state index in [0.717, 1.165) is 10.8 Å². The Morgan fingerprint density at radius 3 is 2.47 bits per heavy atom. The van der Waals surface area contributed by atoms with E-state index in [1.54, 1.807) is 12.1 Å². The third kappa shape index (κ3) is 3.35. The van der Waals surface area contributed by atoms with Crippen LogP contribution in [0.2, 0.25) is 0 Å². The zero-order valence-electron chi connectivity index (χ0n) is 8.17. The summed E-state index contributed by atoms with van der Waals surface area (Å²) < 4.78 is 25.4. The number of fused-ring (bicyclic) bond motifs is 1. The SMILES string of the molecule is O=S([O-])Oc1cccc2ccccc12.[K+]. The van der Waals surface area contributed by atoms with Gasteiger partial charge < -0.3 is 8.74 Å². The van der Waals surface area contributed by atoms with E-state index in [1.807, 2.05) is 30.3 Å². The Kier molecular flexibility index (Phi) is 5.41. The van der Waals surface area contributed by atoms with Gasteiger partial charge in [0.15, 0.2) is 0 Å². The van der Waals surface area contributed by atoms with E-state index in [1.165, 1.54) is 0 Å². The molecule has 0 spiro atoms. The Hall–Kier alpha value is 0.246. The zero-order valence-corrected chi connectivity index (χ0v) is 12.1. The van der Waals surface area contributed by atoms with E-state index >= 15 is 0 Å². The Bertz CT molecular complexity index is 482. The molecule has 1 atom stereocenters. The molecule has 0 N–H and O–H groups in total. The molecule has 0 saturated carbocycles. The summed E-state index contributed by atoms with van der Waals surface area (Å²) in [6.45, 7) is 0. The molecule has 0 saturated heterocycles. The molecule has 0 aromatic heterocycles. The summed E-state index contributed by atoms with van der Waals surface area (Å²) >= 11 is -2.52. The fraction of sp³-hybridized carbons (Fsp3) is 0. The topological polar surface area (TPSA) is 49.4 Å². The molecule has 5 heteroatoms. The van der Waals surface area contributed by atoms with Gasteiger partial charge >= 0.3 is 51.4 Å². The van der Waals surface area contributed by atoms with Crippen LogP contribution in [-0.4, -0.2) is 8.76 Å². The fourth-order valence-corrected chi connectivity index (χ4v) is 1.63. The molecule has 1 unspecified atom stereocenters. The molecule has 0 aliphatic rings. The van der Waals surface area contributed by atoms with Crippen molar-refractivity contribution < 1.29 is 64.3 Å². The first-order valence-electron chi connectivity index (χ1n) is 4.03. The van der Waals surface area contributed by atoms with Crippen LogP contribution in [0.1, 0.15) is 0 Å². The van der Waals surface area contributed by atoms with Gasteiger partial charge in [0.05, 0.1) is 0 Å². The third-order valence-corrected chi connectivity index (χ3v) is 2.22. The van der Waals surface area contributed by atoms with E-state index in [4.69, 9.17) is 0 Å². The van der Waals surface area contributed by atoms with Gasteiger partial charge in [-0.2, -0.15) is 0 Å². The summed E-state index contributed by atoms with van der Waals surface area (Å²) in [5.41, 5.74) is 0. The summed E-state index contributed by atoms with van der Waals surface area (Å²) in [5, 5.41) is 1.75. The van der Waals surface area contributed by atoms with Crippen molar-refractivity contribution >= 4 is 22.1 Å². The molecule has 15 heavy (non-hydrogen) atoms. The van der Waals surface area contributed by atoms with Crippen molar-refractivity contribution in [2.24, 2.45) is 0 Å². The van der Waals surface area contributed by atoms with E-state index < -0.39 is 11.4 Å². The van der Waals surface area contributed by atoms with Gasteiger partial charge in [-0.15, -0.1) is 0 Å². The van der Waals surface area contributed by atoms with Crippen molar-refractivity contribution in [3.05, 3.63) is 42.5 Å². The van der Waals surface area contributed by atoms with Crippen LogP contribution >= 0.6 is 0 Å².